The normalized spacial score (nSPS) is 21.0. The van der Waals surface area contributed by atoms with E-state index in [1.807, 2.05) is 34.6 Å². The van der Waals surface area contributed by atoms with Crippen LogP contribution in [0.5, 0.6) is 0 Å². The van der Waals surface area contributed by atoms with E-state index in [4.69, 9.17) is 9.47 Å². The number of carbonyl (C=O) groups is 1. The predicted octanol–water partition coefficient (Wildman–Crippen LogP) is 2.08. The summed E-state index contributed by atoms with van der Waals surface area (Å²) in [5, 5.41) is 2.84. The number of hydrogen-bond donors (Lipinski definition) is 1. The zero-order valence-electron chi connectivity index (χ0n) is 10.2. The lowest BCUT2D eigenvalue weighted by Gasteiger charge is -2.28. The molecule has 1 aliphatic rings. The lowest BCUT2D eigenvalue weighted by atomic mass is 9.99. The van der Waals surface area contributed by atoms with Gasteiger partial charge in [-0.15, -0.1) is 0 Å². The first-order valence-corrected chi connectivity index (χ1v) is 5.31. The van der Waals surface area contributed by atoms with Crippen LogP contribution in [0.4, 0.5) is 4.79 Å². The minimum absolute atomic E-state index is 0.274. The Labute approximate surface area is 91.3 Å². The Morgan fingerprint density at radius 2 is 1.93 bits per heavy atom. The lowest BCUT2D eigenvalue weighted by Crippen LogP contribution is -2.46. The van der Waals surface area contributed by atoms with Crippen LogP contribution in [0, 0.1) is 0 Å². The first-order valence-electron chi connectivity index (χ1n) is 5.31. The molecule has 4 nitrogen and oxygen atoms in total. The van der Waals surface area contributed by atoms with E-state index in [2.05, 4.69) is 5.32 Å². The van der Waals surface area contributed by atoms with Gasteiger partial charge in [0.05, 0.1) is 12.7 Å². The van der Waals surface area contributed by atoms with Crippen molar-refractivity contribution in [1.82, 2.24) is 5.32 Å². The fourth-order valence-corrected chi connectivity index (χ4v) is 1.39. The maximum absolute atomic E-state index is 11.5. The van der Waals surface area contributed by atoms with E-state index in [1.54, 1.807) is 0 Å². The molecule has 0 saturated carbocycles. The van der Waals surface area contributed by atoms with Crippen LogP contribution < -0.4 is 5.32 Å². The van der Waals surface area contributed by atoms with E-state index >= 15 is 0 Å². The van der Waals surface area contributed by atoms with Gasteiger partial charge in [0.25, 0.3) is 0 Å². The van der Waals surface area contributed by atoms with Crippen molar-refractivity contribution in [3.8, 4) is 0 Å². The third-order valence-electron chi connectivity index (χ3n) is 1.98. The molecule has 15 heavy (non-hydrogen) atoms. The zero-order valence-corrected chi connectivity index (χ0v) is 10.2. The summed E-state index contributed by atoms with van der Waals surface area (Å²) in [4.78, 5) is 11.5. The molecular formula is C11H21NO3. The summed E-state index contributed by atoms with van der Waals surface area (Å²) in [6.45, 7) is 10.3. The van der Waals surface area contributed by atoms with Gasteiger partial charge in [-0.25, -0.2) is 4.79 Å². The van der Waals surface area contributed by atoms with Gasteiger partial charge >= 0.3 is 6.09 Å². The first-order chi connectivity index (χ1) is 6.68. The summed E-state index contributed by atoms with van der Waals surface area (Å²) in [7, 11) is 0. The second-order valence-electron chi connectivity index (χ2n) is 5.67. The van der Waals surface area contributed by atoms with Crippen LogP contribution in [0.1, 0.15) is 41.0 Å². The van der Waals surface area contributed by atoms with Crippen LogP contribution in [0.3, 0.4) is 0 Å². The number of ether oxygens (including phenoxy) is 2. The second kappa shape index (κ2) is 4.00. The molecule has 1 N–H and O–H groups in total. The van der Waals surface area contributed by atoms with Crippen LogP contribution in [0.15, 0.2) is 0 Å². The van der Waals surface area contributed by atoms with Crippen molar-refractivity contribution in [3.05, 3.63) is 0 Å². The van der Waals surface area contributed by atoms with Crippen molar-refractivity contribution in [2.24, 2.45) is 0 Å². The highest BCUT2D eigenvalue weighted by molar-refractivity contribution is 5.68. The first kappa shape index (κ1) is 12.3. The van der Waals surface area contributed by atoms with E-state index in [-0.39, 0.29) is 11.6 Å². The standard InChI is InChI=1S/C11H21NO3/c1-10(2,3)15-9(13)12-11(4,5)6-8-7-14-8/h8H,6-7H2,1-5H3,(H,12,13). The van der Waals surface area contributed by atoms with E-state index in [1.165, 1.54) is 0 Å². The van der Waals surface area contributed by atoms with Crippen LogP contribution >= 0.6 is 0 Å². The summed E-state index contributed by atoms with van der Waals surface area (Å²) in [6, 6.07) is 0. The third-order valence-corrected chi connectivity index (χ3v) is 1.98. The van der Waals surface area contributed by atoms with Gasteiger partial charge in [0.1, 0.15) is 5.60 Å². The summed E-state index contributed by atoms with van der Waals surface area (Å²) in [5.74, 6) is 0. The maximum Gasteiger partial charge on any atom is 0.408 e. The Morgan fingerprint density at radius 1 is 1.40 bits per heavy atom. The maximum atomic E-state index is 11.5. The predicted molar refractivity (Wildman–Crippen MR) is 57.8 cm³/mol. The molecule has 0 radical (unpaired) electrons. The summed E-state index contributed by atoms with van der Waals surface area (Å²) in [5.41, 5.74) is -0.722. The van der Waals surface area contributed by atoms with Gasteiger partial charge in [-0.05, 0) is 41.0 Å². The Hall–Kier alpha value is -0.770. The molecule has 0 aromatic rings. The molecule has 1 fully saturated rings. The molecule has 1 heterocycles. The highest BCUT2D eigenvalue weighted by atomic mass is 16.6. The van der Waals surface area contributed by atoms with Crippen molar-refractivity contribution in [2.45, 2.75) is 58.3 Å². The zero-order chi connectivity index (χ0) is 11.7. The quantitative estimate of drug-likeness (QED) is 0.733. The number of carbonyl (C=O) groups excluding carboxylic acids is 1. The minimum Gasteiger partial charge on any atom is -0.444 e. The van der Waals surface area contributed by atoms with Crippen LogP contribution in [-0.4, -0.2) is 29.9 Å². The Kier molecular flexibility index (Phi) is 3.28. The second-order valence-corrected chi connectivity index (χ2v) is 5.67. The average Bonchev–Trinajstić information content (AvgIpc) is 2.62. The molecule has 0 aromatic heterocycles. The summed E-state index contributed by atoms with van der Waals surface area (Å²) >= 11 is 0. The molecule has 1 unspecified atom stereocenters. The van der Waals surface area contributed by atoms with Gasteiger partial charge in [0.2, 0.25) is 0 Å². The lowest BCUT2D eigenvalue weighted by molar-refractivity contribution is 0.0464. The Morgan fingerprint density at radius 3 is 2.33 bits per heavy atom. The van der Waals surface area contributed by atoms with Gasteiger partial charge in [-0.3, -0.25) is 0 Å². The molecule has 1 atom stereocenters. The van der Waals surface area contributed by atoms with Gasteiger partial charge in [-0.1, -0.05) is 0 Å². The smallest absolute Gasteiger partial charge is 0.408 e. The average molecular weight is 215 g/mol. The molecule has 1 aliphatic heterocycles. The van der Waals surface area contributed by atoms with E-state index in [0.29, 0.717) is 6.10 Å². The van der Waals surface area contributed by atoms with Crippen molar-refractivity contribution in [3.63, 3.8) is 0 Å². The number of nitrogens with one attached hydrogen (secondary N) is 1. The molecule has 0 aromatic carbocycles. The van der Waals surface area contributed by atoms with E-state index in [0.717, 1.165) is 13.0 Å². The monoisotopic (exact) mass is 215 g/mol. The van der Waals surface area contributed by atoms with Crippen LogP contribution in [0.25, 0.3) is 0 Å². The topological polar surface area (TPSA) is 50.9 Å². The van der Waals surface area contributed by atoms with Crippen molar-refractivity contribution in [2.75, 3.05) is 6.61 Å². The highest BCUT2D eigenvalue weighted by Crippen LogP contribution is 2.22. The number of alkyl carbamates (subject to hydrolysis) is 1. The van der Waals surface area contributed by atoms with Gasteiger partial charge in [0.15, 0.2) is 0 Å². The van der Waals surface area contributed by atoms with Crippen molar-refractivity contribution < 1.29 is 14.3 Å². The van der Waals surface area contributed by atoms with Crippen LogP contribution in [-0.2, 0) is 9.47 Å². The molecular weight excluding hydrogens is 194 g/mol. The molecule has 0 aliphatic carbocycles. The number of hydrogen-bond acceptors (Lipinski definition) is 3. The molecule has 4 heteroatoms. The summed E-state index contributed by atoms with van der Waals surface area (Å²) < 4.78 is 10.3. The molecule has 1 amide bonds. The molecule has 0 bridgehead atoms. The largest absolute Gasteiger partial charge is 0.444 e. The Bertz CT molecular complexity index is 239. The fraction of sp³-hybridized carbons (Fsp3) is 0.909. The third kappa shape index (κ3) is 5.62. The van der Waals surface area contributed by atoms with Crippen molar-refractivity contribution >= 4 is 6.09 Å². The van der Waals surface area contributed by atoms with Crippen LogP contribution in [0.2, 0.25) is 0 Å². The van der Waals surface area contributed by atoms with E-state index in [9.17, 15) is 4.79 Å². The number of epoxide rings is 1. The van der Waals surface area contributed by atoms with E-state index < -0.39 is 5.60 Å². The van der Waals surface area contributed by atoms with Gasteiger partial charge in [-0.2, -0.15) is 0 Å². The molecule has 0 spiro atoms. The molecule has 1 rings (SSSR count). The van der Waals surface area contributed by atoms with Gasteiger partial charge < -0.3 is 14.8 Å². The van der Waals surface area contributed by atoms with Crippen molar-refractivity contribution in [1.29, 1.82) is 0 Å². The number of rotatable bonds is 3. The molecule has 88 valence electrons. The number of amides is 1. The minimum atomic E-state index is -0.448. The summed E-state index contributed by atoms with van der Waals surface area (Å²) in [6.07, 6.45) is 0.759. The fourth-order valence-electron chi connectivity index (χ4n) is 1.39. The molecule has 1 saturated heterocycles. The highest BCUT2D eigenvalue weighted by Gasteiger charge is 2.33. The van der Waals surface area contributed by atoms with Gasteiger partial charge in [0, 0.05) is 5.54 Å². The SMILES string of the molecule is CC(C)(CC1CO1)NC(=O)OC(C)(C)C. The Balaban J connectivity index is 2.34.